The van der Waals surface area contributed by atoms with E-state index in [1.54, 1.807) is 18.0 Å². The van der Waals surface area contributed by atoms with Gasteiger partial charge in [-0.2, -0.15) is 0 Å². The molecule has 3 aliphatic rings. The quantitative estimate of drug-likeness (QED) is 0.342. The Hall–Kier alpha value is -2.55. The van der Waals surface area contributed by atoms with Crippen molar-refractivity contribution in [3.8, 4) is 0 Å². The molecule has 3 aliphatic heterocycles. The SMILES string of the molecule is C[C@H]1[C@H]([Si](C)(C)F)[C@@H](CC(=O)N2Cc3ccccc3C[C@H]2CO)O[C@H]1CCc1cccc(N2CCCCC2=O)c1. The number of anilines is 1. The summed E-state index contributed by atoms with van der Waals surface area (Å²) in [5.41, 5.74) is 4.08. The van der Waals surface area contributed by atoms with E-state index >= 15 is 4.11 Å². The van der Waals surface area contributed by atoms with Crippen LogP contribution in [0, 0.1) is 5.92 Å². The van der Waals surface area contributed by atoms with E-state index in [0.717, 1.165) is 49.0 Å². The Bertz CT molecular complexity index is 1220. The van der Waals surface area contributed by atoms with Crippen LogP contribution >= 0.6 is 0 Å². The molecule has 2 aromatic rings. The van der Waals surface area contributed by atoms with Gasteiger partial charge in [0, 0.05) is 30.7 Å². The Morgan fingerprint density at radius 3 is 2.60 bits per heavy atom. The number of hydrogen-bond donors (Lipinski definition) is 1. The van der Waals surface area contributed by atoms with Crippen LogP contribution in [-0.4, -0.2) is 61.6 Å². The van der Waals surface area contributed by atoms with Crippen LogP contribution in [0.5, 0.6) is 0 Å². The topological polar surface area (TPSA) is 70.1 Å². The maximum Gasteiger partial charge on any atom is 0.246 e. The third-order valence-corrected chi connectivity index (χ3v) is 11.7. The van der Waals surface area contributed by atoms with E-state index < -0.39 is 14.5 Å². The summed E-state index contributed by atoms with van der Waals surface area (Å²) in [7, 11) is -3.13. The van der Waals surface area contributed by atoms with E-state index in [4.69, 9.17) is 4.74 Å². The van der Waals surface area contributed by atoms with E-state index in [1.165, 1.54) is 5.56 Å². The van der Waals surface area contributed by atoms with Crippen LogP contribution in [0.25, 0.3) is 0 Å². The van der Waals surface area contributed by atoms with Crippen LogP contribution < -0.4 is 4.90 Å². The van der Waals surface area contributed by atoms with Crippen LogP contribution in [-0.2, 0) is 33.7 Å². The lowest BCUT2D eigenvalue weighted by molar-refractivity contribution is -0.138. The molecule has 8 heteroatoms. The van der Waals surface area contributed by atoms with E-state index in [0.29, 0.717) is 19.4 Å². The molecule has 0 aromatic heterocycles. The van der Waals surface area contributed by atoms with Crippen LogP contribution in [0.3, 0.4) is 0 Å². The zero-order chi connectivity index (χ0) is 28.4. The molecular weight excluding hydrogens is 523 g/mol. The first kappa shape index (κ1) is 29.0. The molecule has 3 heterocycles. The van der Waals surface area contributed by atoms with Gasteiger partial charge in [-0.15, -0.1) is 0 Å². The van der Waals surface area contributed by atoms with Crippen molar-refractivity contribution in [1.29, 1.82) is 0 Å². The molecule has 2 saturated heterocycles. The third kappa shape index (κ3) is 6.19. The number of halogens is 1. The van der Waals surface area contributed by atoms with Gasteiger partial charge in [0.15, 0.2) is 0 Å². The molecule has 0 radical (unpaired) electrons. The Balaban J connectivity index is 1.26. The van der Waals surface area contributed by atoms with Crippen LogP contribution in [0.4, 0.5) is 9.80 Å². The lowest BCUT2D eigenvalue weighted by Crippen LogP contribution is -2.48. The molecule has 5 rings (SSSR count). The number of piperidine rings is 1. The molecule has 1 N–H and O–H groups in total. The number of nitrogens with zero attached hydrogens (tertiary/aromatic N) is 2. The fourth-order valence-corrected chi connectivity index (χ4v) is 9.72. The largest absolute Gasteiger partial charge is 0.394 e. The summed E-state index contributed by atoms with van der Waals surface area (Å²) >= 11 is 0. The van der Waals surface area contributed by atoms with E-state index in [1.807, 2.05) is 35.2 Å². The van der Waals surface area contributed by atoms with Crippen molar-refractivity contribution in [1.82, 2.24) is 4.90 Å². The Morgan fingerprint density at radius 1 is 1.10 bits per heavy atom. The number of amides is 2. The van der Waals surface area contributed by atoms with Crippen molar-refractivity contribution >= 4 is 25.9 Å². The minimum atomic E-state index is -3.13. The maximum absolute atomic E-state index is 15.7. The van der Waals surface area contributed by atoms with Crippen LogP contribution in [0.15, 0.2) is 48.5 Å². The van der Waals surface area contributed by atoms with Gasteiger partial charge in [0.2, 0.25) is 20.2 Å². The third-order valence-electron chi connectivity index (χ3n) is 9.22. The second kappa shape index (κ2) is 12.1. The number of rotatable bonds is 8. The monoisotopic (exact) mass is 566 g/mol. The molecule has 6 nitrogen and oxygen atoms in total. The van der Waals surface area contributed by atoms with Gasteiger partial charge in [0.05, 0.1) is 31.3 Å². The number of benzene rings is 2. The molecule has 2 amide bonds. The number of ether oxygens (including phenoxy) is 1. The first-order valence-corrected chi connectivity index (χ1v) is 17.8. The maximum atomic E-state index is 15.7. The van der Waals surface area contributed by atoms with Gasteiger partial charge >= 0.3 is 0 Å². The van der Waals surface area contributed by atoms with Gasteiger partial charge in [-0.05, 0) is 79.9 Å². The lowest BCUT2D eigenvalue weighted by atomic mass is 9.93. The summed E-state index contributed by atoms with van der Waals surface area (Å²) in [5, 5.41) is 10.1. The second-order valence-electron chi connectivity index (χ2n) is 12.4. The highest BCUT2D eigenvalue weighted by molar-refractivity contribution is 6.72. The molecule has 2 fully saturated rings. The number of carbonyl (C=O) groups excluding carboxylic acids is 2. The van der Waals surface area contributed by atoms with Crippen molar-refractivity contribution < 1.29 is 23.5 Å². The number of aliphatic hydroxyl groups is 1. The van der Waals surface area contributed by atoms with Crippen molar-refractivity contribution in [3.05, 3.63) is 65.2 Å². The molecule has 40 heavy (non-hydrogen) atoms. The van der Waals surface area contributed by atoms with E-state index in [2.05, 4.69) is 25.1 Å². The summed E-state index contributed by atoms with van der Waals surface area (Å²) in [6, 6.07) is 15.9. The van der Waals surface area contributed by atoms with Crippen molar-refractivity contribution in [2.75, 3.05) is 18.1 Å². The summed E-state index contributed by atoms with van der Waals surface area (Å²) in [6.07, 6.45) is 4.24. The summed E-state index contributed by atoms with van der Waals surface area (Å²) in [5.74, 6) is 0.114. The number of aliphatic hydroxyl groups excluding tert-OH is 1. The van der Waals surface area contributed by atoms with Crippen LogP contribution in [0.1, 0.15) is 55.7 Å². The molecule has 5 atom stereocenters. The molecule has 2 aromatic carbocycles. The molecule has 0 unspecified atom stereocenters. The zero-order valence-electron chi connectivity index (χ0n) is 24.0. The van der Waals surface area contributed by atoms with E-state index in [9.17, 15) is 14.7 Å². The Kier molecular flexibility index (Phi) is 8.78. The predicted molar refractivity (Wildman–Crippen MR) is 157 cm³/mol. The highest BCUT2D eigenvalue weighted by atomic mass is 28.4. The smallest absolute Gasteiger partial charge is 0.246 e. The zero-order valence-corrected chi connectivity index (χ0v) is 25.0. The number of hydrogen-bond acceptors (Lipinski definition) is 4. The Labute approximate surface area is 238 Å². The average Bonchev–Trinajstić information content (AvgIpc) is 3.26. The molecule has 0 aliphatic carbocycles. The number of aryl methyl sites for hydroxylation is 1. The van der Waals surface area contributed by atoms with Gasteiger partial charge in [-0.1, -0.05) is 43.3 Å². The van der Waals surface area contributed by atoms with Crippen LogP contribution in [0.2, 0.25) is 18.6 Å². The number of carbonyl (C=O) groups is 2. The highest BCUT2D eigenvalue weighted by Crippen LogP contribution is 2.47. The molecule has 216 valence electrons. The standard InChI is InChI=1S/C32H43FN2O4Si/c1-22-28(15-14-23-9-8-12-26(17-23)34-16-7-6-13-30(34)37)39-29(32(22)40(2,3)33)19-31(38)35-20-25-11-5-4-10-24(25)18-27(35)21-36/h4-5,8-12,17,22,27-29,32,36H,6-7,13-16,18-21H2,1-3H3/t22-,27+,28+,29-,32+/m1/s1. The fourth-order valence-electron chi connectivity index (χ4n) is 7.18. The summed E-state index contributed by atoms with van der Waals surface area (Å²) in [6.45, 7) is 6.65. The van der Waals surface area contributed by atoms with Crippen molar-refractivity contribution in [2.24, 2.45) is 5.92 Å². The molecule has 0 saturated carbocycles. The fraction of sp³-hybridized carbons (Fsp3) is 0.562. The summed E-state index contributed by atoms with van der Waals surface area (Å²) in [4.78, 5) is 29.7. The predicted octanol–water partition coefficient (Wildman–Crippen LogP) is 5.42. The van der Waals surface area contributed by atoms with Gasteiger partial charge in [0.25, 0.3) is 0 Å². The first-order chi connectivity index (χ1) is 19.2. The second-order valence-corrected chi connectivity index (χ2v) is 16.2. The minimum Gasteiger partial charge on any atom is -0.394 e. The number of fused-ring (bicyclic) bond motifs is 1. The lowest BCUT2D eigenvalue weighted by Gasteiger charge is -2.37. The van der Waals surface area contributed by atoms with Crippen molar-refractivity contribution in [2.45, 2.75) is 95.3 Å². The van der Waals surface area contributed by atoms with Gasteiger partial charge in [-0.25, -0.2) is 0 Å². The Morgan fingerprint density at radius 2 is 1.88 bits per heavy atom. The molecule has 0 spiro atoms. The van der Waals surface area contributed by atoms with Gasteiger partial charge < -0.3 is 23.8 Å². The van der Waals surface area contributed by atoms with E-state index in [-0.39, 0.29) is 48.4 Å². The first-order valence-electron chi connectivity index (χ1n) is 14.9. The minimum absolute atomic E-state index is 0.00652. The normalized spacial score (nSPS) is 27.1. The summed E-state index contributed by atoms with van der Waals surface area (Å²) < 4.78 is 22.2. The van der Waals surface area contributed by atoms with Crippen molar-refractivity contribution in [3.63, 3.8) is 0 Å². The average molecular weight is 567 g/mol. The highest BCUT2D eigenvalue weighted by Gasteiger charge is 2.52. The van der Waals surface area contributed by atoms with Gasteiger partial charge in [-0.3, -0.25) is 9.59 Å². The molecular formula is C32H43FN2O4Si. The molecule has 0 bridgehead atoms. The van der Waals surface area contributed by atoms with Gasteiger partial charge in [0.1, 0.15) is 0 Å².